The minimum Gasteiger partial charge on any atom is -0.756 e. The number of aliphatic hydroxyl groups excluding tert-OH is 2. The maximum Gasteiger partial charge on any atom is 3.00 e. The molecule has 510 valence electrons. The van der Waals surface area contributed by atoms with Gasteiger partial charge in [0.05, 0.1) is 31.1 Å². The van der Waals surface area contributed by atoms with Crippen molar-refractivity contribution in [2.24, 2.45) is 99.7 Å². The third-order valence-corrected chi connectivity index (χ3v) is 22.0. The molecule has 30 heteroatoms. The van der Waals surface area contributed by atoms with E-state index in [2.05, 4.69) is 10.3 Å². The second-order valence-electron chi connectivity index (χ2n) is 27.3. The molecule has 93 heavy (non-hydrogen) atoms. The van der Waals surface area contributed by atoms with E-state index in [0.717, 1.165) is 11.1 Å². The number of amides is 7. The molecule has 0 radical (unpaired) electrons. The fraction of sp³-hybridized carbons (Fsp3) is 0.651. The second kappa shape index (κ2) is 28.7. The van der Waals surface area contributed by atoms with Crippen LogP contribution in [0.1, 0.15) is 147 Å². The van der Waals surface area contributed by atoms with Crippen molar-refractivity contribution in [3.05, 3.63) is 69.5 Å². The molecule has 0 aromatic carbocycles. The van der Waals surface area contributed by atoms with Gasteiger partial charge in [-0.2, -0.15) is 5.70 Å². The van der Waals surface area contributed by atoms with Crippen molar-refractivity contribution in [1.29, 1.82) is 5.26 Å². The Kier molecular flexibility index (Phi) is 23.2. The Bertz CT molecular complexity index is 3390. The number of ether oxygens (including phenoxy) is 1. The summed E-state index contributed by atoms with van der Waals surface area (Å²) in [6.45, 7) is 23.8. The van der Waals surface area contributed by atoms with Crippen LogP contribution in [0.3, 0.4) is 0 Å². The summed E-state index contributed by atoms with van der Waals surface area (Å²) >= 11 is 0. The van der Waals surface area contributed by atoms with E-state index in [-0.39, 0.29) is 106 Å². The first-order valence-corrected chi connectivity index (χ1v) is 32.4. The third kappa shape index (κ3) is 14.7. The van der Waals surface area contributed by atoms with E-state index in [1.807, 2.05) is 80.5 Å². The normalized spacial score (nSPS) is 36.0. The van der Waals surface area contributed by atoms with Crippen molar-refractivity contribution in [2.45, 2.75) is 201 Å². The maximum atomic E-state index is 14.4. The number of aliphatic imine (C=N–C) groups is 4. The number of rotatable bonds is 26. The molecule has 8 aliphatic rings. The number of hydrogen-bond donors (Lipinski definition) is 9. The standard InChI is InChI=1S/C62H92N13O14P.CN.Co/c1-29-20-39-40(21-30(29)2)75(28-70-39)57-52(84)53(41(27-76)87-57)89-90(85,86)88-31(3)26-69-49(83)18-19-59(8)37(22-46(66)80)56-62(11)61(10,25-48(68)82)36(14-17-45(65)79)51(74-62)33(5)55-60(9,24-47(67)81)34(12-15-43(63)77)38(71-55)23-42-58(6,7)35(13-16-44(64)78)50(72-42)32(4)54(59)73-56;1-2;/h20-21,23,28,31,34-37,39-41,52-53,56-57,76,84H,12-19,22,24-27H2,1-11H3,(H15,63,64,65,66,67,68,69,71,72,73,74,77,78,79,80,81,82,83,85,86);;/q;-1;+3/p-2/t31?,34-,35-,36+,37+,39?,40?,41-,52-,53-,56?,57+,59-,60+,61+,62?;;/m1../s1. The van der Waals surface area contributed by atoms with Gasteiger partial charge < -0.3 is 90.7 Å². The van der Waals surface area contributed by atoms with E-state index in [1.165, 1.54) is 13.3 Å². The topological polar surface area (TPSA) is 486 Å². The molecule has 8 rings (SSSR count). The molecule has 8 bridgehead atoms. The predicted molar refractivity (Wildman–Crippen MR) is 338 cm³/mol. The average molecular weight is 1360 g/mol. The van der Waals surface area contributed by atoms with Gasteiger partial charge in [0.15, 0.2) is 6.23 Å². The summed E-state index contributed by atoms with van der Waals surface area (Å²) in [5, 5.41) is 36.4. The number of carbonyl (C=O) groups is 7. The molecule has 2 saturated heterocycles. The minimum absolute atomic E-state index is 0. The number of nitrogens with zero attached hydrogens (tertiary/aromatic N) is 7. The smallest absolute Gasteiger partial charge is 0.756 e. The quantitative estimate of drug-likeness (QED) is 0.0444. The number of carbonyl (C=O) groups excluding carboxylic acids is 7. The fourth-order valence-corrected chi connectivity index (χ4v) is 16.8. The van der Waals surface area contributed by atoms with Crippen LogP contribution in [0.2, 0.25) is 0 Å². The Morgan fingerprint density at radius 1 is 0.806 bits per heavy atom. The molecule has 15 N–H and O–H groups in total. The SMILES string of the molecule is CC1=CC2N=CN([C@H]3O[C@H](CO)[C@@H](OP(=O)([O-])OC(C)CNC(=O)CC[C@@]4(C)C5=NC([C@@H]4CC(N)=O)C4(C)[N-]/C(=C(/C)C6=N/C(=C\C7=NC(=C\5C)/[C@@H](CCC(N)=O)C7(C)C)[C@@H](CCC(N)=O)[C@]6(C)CC(N)=O)[C@H](CCC(N)=O)[C@]4(C)CC(N)=O)[C@H]3O)C2C=C1C.[C-]#N.[Co+3]. The van der Waals surface area contributed by atoms with Gasteiger partial charge in [0.2, 0.25) is 41.4 Å². The van der Waals surface area contributed by atoms with E-state index in [4.69, 9.17) is 80.3 Å². The van der Waals surface area contributed by atoms with Crippen LogP contribution >= 0.6 is 7.82 Å². The van der Waals surface area contributed by atoms with Crippen LogP contribution in [0.25, 0.3) is 5.32 Å². The molecule has 2 fully saturated rings. The minimum atomic E-state index is -5.31. The van der Waals surface area contributed by atoms with E-state index in [9.17, 15) is 53.2 Å². The van der Waals surface area contributed by atoms with Gasteiger partial charge in [-0.1, -0.05) is 70.4 Å². The van der Waals surface area contributed by atoms with Gasteiger partial charge in [-0.25, -0.2) is 0 Å². The van der Waals surface area contributed by atoms with Gasteiger partial charge in [0.25, 0.3) is 7.82 Å². The number of nitrogens with two attached hydrogens (primary N) is 6. The summed E-state index contributed by atoms with van der Waals surface area (Å²) in [6, 6.07) is -1.66. The summed E-state index contributed by atoms with van der Waals surface area (Å²) in [5.41, 5.74) is 35.6. The monoisotopic (exact) mass is 1360 g/mol. The average Bonchev–Trinajstić information content (AvgIpc) is 1.53. The summed E-state index contributed by atoms with van der Waals surface area (Å²) in [4.78, 5) is 130. The number of phosphoric acid groups is 1. The fourth-order valence-electron chi connectivity index (χ4n) is 15.7. The molecule has 0 aromatic rings. The summed E-state index contributed by atoms with van der Waals surface area (Å²) in [6.07, 6.45) is -0.596. The maximum absolute atomic E-state index is 14.4. The Morgan fingerprint density at radius 3 is 1.96 bits per heavy atom. The van der Waals surface area contributed by atoms with Crippen molar-refractivity contribution in [2.75, 3.05) is 13.2 Å². The van der Waals surface area contributed by atoms with Crippen LogP contribution < -0.4 is 44.6 Å². The summed E-state index contributed by atoms with van der Waals surface area (Å²) in [5.74, 6) is -7.38. The van der Waals surface area contributed by atoms with Crippen LogP contribution in [0, 0.1) is 57.2 Å². The molecule has 7 aliphatic heterocycles. The van der Waals surface area contributed by atoms with E-state index in [0.29, 0.717) is 45.4 Å². The molecule has 0 spiro atoms. The Hall–Kier alpha value is -6.74. The zero-order valence-electron chi connectivity index (χ0n) is 54.6. The van der Waals surface area contributed by atoms with E-state index < -0.39 is 143 Å². The Labute approximate surface area is 552 Å². The second-order valence-corrected chi connectivity index (χ2v) is 28.6. The van der Waals surface area contributed by atoms with Crippen LogP contribution in [0.5, 0.6) is 0 Å². The zero-order valence-corrected chi connectivity index (χ0v) is 56.5. The number of fused-ring (bicyclic) bond motifs is 7. The Balaban J connectivity index is 0.00000453. The number of nitrogens with one attached hydrogen (secondary N) is 1. The molecule has 7 heterocycles. The van der Waals surface area contributed by atoms with Gasteiger partial charge in [0, 0.05) is 114 Å². The summed E-state index contributed by atoms with van der Waals surface area (Å²) < 4.78 is 30.4. The number of allylic oxidation sites excluding steroid dienone is 8. The van der Waals surface area contributed by atoms with Gasteiger partial charge in [-0.3, -0.25) is 58.1 Å². The van der Waals surface area contributed by atoms with E-state index in [1.54, 1.807) is 11.8 Å². The van der Waals surface area contributed by atoms with Crippen LogP contribution in [-0.4, -0.2) is 147 Å². The largest absolute Gasteiger partial charge is 3.00 e. The molecule has 0 saturated carbocycles. The molecule has 0 aromatic heterocycles. The molecular formula is C63H90CoN14O14P. The van der Waals surface area contributed by atoms with Crippen LogP contribution in [-0.2, 0) is 68.7 Å². The molecule has 1 aliphatic carbocycles. The Morgan fingerprint density at radius 2 is 1.39 bits per heavy atom. The van der Waals surface area contributed by atoms with Crippen LogP contribution in [0.15, 0.2) is 77.6 Å². The third-order valence-electron chi connectivity index (χ3n) is 20.8. The van der Waals surface area contributed by atoms with Crippen molar-refractivity contribution < 1.29 is 83.8 Å². The molecule has 17 atom stereocenters. The first-order chi connectivity index (χ1) is 42.8. The van der Waals surface area contributed by atoms with Gasteiger partial charge in [0.1, 0.15) is 18.3 Å². The number of phosphoric ester groups is 1. The predicted octanol–water partition coefficient (Wildman–Crippen LogP) is 2.56. The van der Waals surface area contributed by atoms with Crippen molar-refractivity contribution in [1.82, 2.24) is 10.2 Å². The van der Waals surface area contributed by atoms with Crippen molar-refractivity contribution >= 4 is 72.6 Å². The van der Waals surface area contributed by atoms with Crippen molar-refractivity contribution in [3.63, 3.8) is 0 Å². The molecule has 6 unspecified atom stereocenters. The zero-order chi connectivity index (χ0) is 68.7. The number of primary amides is 6. The summed E-state index contributed by atoms with van der Waals surface area (Å²) in [7, 11) is -5.31. The molecular weight excluding hydrogens is 1270 g/mol. The van der Waals surface area contributed by atoms with Gasteiger partial charge in [-0.15, -0.1) is 0 Å². The van der Waals surface area contributed by atoms with Gasteiger partial charge >= 0.3 is 16.8 Å². The first-order valence-electron chi connectivity index (χ1n) is 31.0. The number of hydrogen-bond acceptors (Lipinski definition) is 20. The molecule has 28 nitrogen and oxygen atoms in total. The first kappa shape index (κ1) is 75.3. The van der Waals surface area contributed by atoms with Crippen molar-refractivity contribution in [3.8, 4) is 0 Å². The number of aliphatic hydroxyl groups is 2. The van der Waals surface area contributed by atoms with E-state index >= 15 is 0 Å². The molecule has 7 amide bonds. The van der Waals surface area contributed by atoms with Gasteiger partial charge in [-0.05, 0) is 94.8 Å². The van der Waals surface area contributed by atoms with Crippen LogP contribution in [0.4, 0.5) is 0 Å².